The zero-order valence-electron chi connectivity index (χ0n) is 12.0. The monoisotopic (exact) mass is 230 g/mol. The van der Waals surface area contributed by atoms with E-state index >= 15 is 0 Å². The fraction of sp³-hybridized carbons (Fsp3) is 0.647. The molecule has 1 aromatic carbocycles. The summed E-state index contributed by atoms with van der Waals surface area (Å²) in [7, 11) is 0. The number of hydrogen-bond acceptors (Lipinski definition) is 0. The molecular weight excluding hydrogens is 204 g/mol. The Morgan fingerprint density at radius 1 is 1.12 bits per heavy atom. The molecule has 0 spiro atoms. The van der Waals surface area contributed by atoms with Crippen LogP contribution in [-0.4, -0.2) is 0 Å². The molecule has 0 N–H and O–H groups in total. The Morgan fingerprint density at radius 2 is 1.82 bits per heavy atom. The average molecular weight is 230 g/mol. The van der Waals surface area contributed by atoms with Crippen molar-refractivity contribution in [1.29, 1.82) is 0 Å². The maximum absolute atomic E-state index is 2.46. The standard InChI is InChI=1S/C17H26/c1-12(2)14-7-6-13-8-9-16(17(3,4)5)11-15(13)10-14/h6-7,10,12,16H,8-9,11H2,1-5H3. The largest absolute Gasteiger partial charge is 0.0599 e. The summed E-state index contributed by atoms with van der Waals surface area (Å²) < 4.78 is 0. The summed E-state index contributed by atoms with van der Waals surface area (Å²) in [5.74, 6) is 1.49. The highest BCUT2D eigenvalue weighted by Gasteiger charge is 2.28. The molecule has 0 heterocycles. The lowest BCUT2D eigenvalue weighted by molar-refractivity contribution is 0.216. The van der Waals surface area contributed by atoms with Gasteiger partial charge in [-0.05, 0) is 53.2 Å². The molecule has 17 heavy (non-hydrogen) atoms. The van der Waals surface area contributed by atoms with E-state index in [1.807, 2.05) is 0 Å². The SMILES string of the molecule is CC(C)c1ccc2c(c1)CC(C(C)(C)C)CC2. The topological polar surface area (TPSA) is 0 Å². The lowest BCUT2D eigenvalue weighted by Crippen LogP contribution is -2.27. The minimum atomic E-state index is 0.450. The van der Waals surface area contributed by atoms with Crippen LogP contribution in [0, 0.1) is 11.3 Å². The van der Waals surface area contributed by atoms with Crippen LogP contribution in [0.2, 0.25) is 0 Å². The Labute approximate surface area is 106 Å². The molecule has 0 bridgehead atoms. The third-order valence-electron chi connectivity index (χ3n) is 4.35. The van der Waals surface area contributed by atoms with Crippen molar-refractivity contribution >= 4 is 0 Å². The molecule has 1 aliphatic rings. The number of fused-ring (bicyclic) bond motifs is 1. The van der Waals surface area contributed by atoms with E-state index in [1.165, 1.54) is 24.8 Å². The molecule has 0 radical (unpaired) electrons. The summed E-state index contributed by atoms with van der Waals surface area (Å²) in [4.78, 5) is 0. The van der Waals surface area contributed by atoms with E-state index in [-0.39, 0.29) is 0 Å². The highest BCUT2D eigenvalue weighted by Crippen LogP contribution is 2.37. The van der Waals surface area contributed by atoms with E-state index in [2.05, 4.69) is 52.8 Å². The van der Waals surface area contributed by atoms with Crippen LogP contribution in [0.3, 0.4) is 0 Å². The second-order valence-electron chi connectivity index (χ2n) is 6.99. The van der Waals surface area contributed by atoms with E-state index in [0.29, 0.717) is 11.3 Å². The fourth-order valence-corrected chi connectivity index (χ4v) is 2.88. The molecule has 0 fully saturated rings. The molecule has 1 aromatic rings. The molecule has 0 saturated carbocycles. The summed E-state index contributed by atoms with van der Waals surface area (Å²) >= 11 is 0. The molecular formula is C17H26. The van der Waals surface area contributed by atoms with Gasteiger partial charge in [-0.2, -0.15) is 0 Å². The summed E-state index contributed by atoms with van der Waals surface area (Å²) in [6.45, 7) is 11.7. The van der Waals surface area contributed by atoms with Gasteiger partial charge in [0, 0.05) is 0 Å². The molecule has 1 unspecified atom stereocenters. The molecule has 1 aliphatic carbocycles. The molecule has 0 aromatic heterocycles. The van der Waals surface area contributed by atoms with Crippen LogP contribution in [0.1, 0.15) is 63.6 Å². The summed E-state index contributed by atoms with van der Waals surface area (Å²) in [5, 5.41) is 0. The van der Waals surface area contributed by atoms with Gasteiger partial charge in [0.05, 0.1) is 0 Å². The van der Waals surface area contributed by atoms with Gasteiger partial charge in [-0.25, -0.2) is 0 Å². The first-order chi connectivity index (χ1) is 7.88. The van der Waals surface area contributed by atoms with E-state index in [4.69, 9.17) is 0 Å². The molecule has 1 atom stereocenters. The Morgan fingerprint density at radius 3 is 2.41 bits per heavy atom. The predicted molar refractivity (Wildman–Crippen MR) is 75.5 cm³/mol. The van der Waals surface area contributed by atoms with Gasteiger partial charge in [-0.15, -0.1) is 0 Å². The summed E-state index contributed by atoms with van der Waals surface area (Å²) in [5.41, 5.74) is 5.15. The molecule has 2 rings (SSSR count). The Hall–Kier alpha value is -0.780. The van der Waals surface area contributed by atoms with Gasteiger partial charge in [0.1, 0.15) is 0 Å². The van der Waals surface area contributed by atoms with Crippen LogP contribution in [-0.2, 0) is 12.8 Å². The number of benzene rings is 1. The Bertz CT molecular complexity index is 393. The van der Waals surface area contributed by atoms with Crippen LogP contribution < -0.4 is 0 Å². The smallest absolute Gasteiger partial charge is 0.0219 e. The molecule has 0 aliphatic heterocycles. The van der Waals surface area contributed by atoms with Gasteiger partial charge in [0.15, 0.2) is 0 Å². The summed E-state index contributed by atoms with van der Waals surface area (Å²) in [6.07, 6.45) is 3.91. The van der Waals surface area contributed by atoms with Crippen LogP contribution in [0.5, 0.6) is 0 Å². The van der Waals surface area contributed by atoms with Gasteiger partial charge in [0.2, 0.25) is 0 Å². The Kier molecular flexibility index (Phi) is 3.34. The van der Waals surface area contributed by atoms with E-state index in [1.54, 1.807) is 11.1 Å². The Balaban J connectivity index is 2.27. The third kappa shape index (κ3) is 2.73. The van der Waals surface area contributed by atoms with Crippen LogP contribution in [0.25, 0.3) is 0 Å². The van der Waals surface area contributed by atoms with Crippen molar-refractivity contribution in [3.63, 3.8) is 0 Å². The van der Waals surface area contributed by atoms with Crippen molar-refractivity contribution in [2.24, 2.45) is 11.3 Å². The van der Waals surface area contributed by atoms with Crippen molar-refractivity contribution in [1.82, 2.24) is 0 Å². The van der Waals surface area contributed by atoms with Crippen molar-refractivity contribution < 1.29 is 0 Å². The highest BCUT2D eigenvalue weighted by molar-refractivity contribution is 5.35. The first-order valence-electron chi connectivity index (χ1n) is 6.99. The fourth-order valence-electron chi connectivity index (χ4n) is 2.88. The summed E-state index contributed by atoms with van der Waals surface area (Å²) in [6, 6.07) is 7.14. The lowest BCUT2D eigenvalue weighted by atomic mass is 9.70. The van der Waals surface area contributed by atoms with Gasteiger partial charge >= 0.3 is 0 Å². The van der Waals surface area contributed by atoms with Crippen molar-refractivity contribution in [3.8, 4) is 0 Å². The van der Waals surface area contributed by atoms with E-state index < -0.39 is 0 Å². The highest BCUT2D eigenvalue weighted by atomic mass is 14.3. The predicted octanol–water partition coefficient (Wildman–Crippen LogP) is 4.96. The van der Waals surface area contributed by atoms with Crippen molar-refractivity contribution in [2.45, 2.75) is 59.8 Å². The van der Waals surface area contributed by atoms with Crippen molar-refractivity contribution in [3.05, 3.63) is 34.9 Å². The zero-order valence-corrected chi connectivity index (χ0v) is 12.0. The van der Waals surface area contributed by atoms with E-state index in [0.717, 1.165) is 5.92 Å². The van der Waals surface area contributed by atoms with E-state index in [9.17, 15) is 0 Å². The molecule has 0 amide bonds. The third-order valence-corrected chi connectivity index (χ3v) is 4.35. The maximum atomic E-state index is 2.46. The number of rotatable bonds is 1. The van der Waals surface area contributed by atoms with Gasteiger partial charge in [0.25, 0.3) is 0 Å². The minimum Gasteiger partial charge on any atom is -0.0599 e. The lowest BCUT2D eigenvalue weighted by Gasteiger charge is -2.35. The van der Waals surface area contributed by atoms with Crippen LogP contribution >= 0.6 is 0 Å². The minimum absolute atomic E-state index is 0.450. The molecule has 0 nitrogen and oxygen atoms in total. The molecule has 0 heteroatoms. The second kappa shape index (κ2) is 4.48. The molecule has 94 valence electrons. The van der Waals surface area contributed by atoms with Crippen molar-refractivity contribution in [2.75, 3.05) is 0 Å². The maximum Gasteiger partial charge on any atom is -0.0219 e. The second-order valence-corrected chi connectivity index (χ2v) is 6.99. The van der Waals surface area contributed by atoms with Crippen LogP contribution in [0.4, 0.5) is 0 Å². The zero-order chi connectivity index (χ0) is 12.6. The number of aryl methyl sites for hydroxylation is 1. The van der Waals surface area contributed by atoms with Crippen LogP contribution in [0.15, 0.2) is 18.2 Å². The first kappa shape index (κ1) is 12.7. The average Bonchev–Trinajstić information content (AvgIpc) is 2.26. The number of hydrogen-bond donors (Lipinski definition) is 0. The quantitative estimate of drug-likeness (QED) is 0.639. The normalized spacial score (nSPS) is 20.5. The molecule has 0 saturated heterocycles. The van der Waals surface area contributed by atoms with Gasteiger partial charge in [-0.3, -0.25) is 0 Å². The first-order valence-corrected chi connectivity index (χ1v) is 6.99. The van der Waals surface area contributed by atoms with Gasteiger partial charge in [-0.1, -0.05) is 52.8 Å². The van der Waals surface area contributed by atoms with Gasteiger partial charge < -0.3 is 0 Å².